The molecule has 0 saturated carbocycles. The third-order valence-corrected chi connectivity index (χ3v) is 6.94. The van der Waals surface area contributed by atoms with Crippen molar-refractivity contribution >= 4 is 17.5 Å². The molecule has 3 aliphatic rings. The van der Waals surface area contributed by atoms with E-state index in [0.717, 1.165) is 44.3 Å². The summed E-state index contributed by atoms with van der Waals surface area (Å²) in [5.41, 5.74) is 4.62. The summed E-state index contributed by atoms with van der Waals surface area (Å²) in [5, 5.41) is 0. The molecule has 5 rings (SSSR count). The van der Waals surface area contributed by atoms with Gasteiger partial charge in [-0.15, -0.1) is 0 Å². The van der Waals surface area contributed by atoms with E-state index in [9.17, 15) is 14.0 Å². The van der Waals surface area contributed by atoms with E-state index in [4.69, 9.17) is 0 Å². The van der Waals surface area contributed by atoms with E-state index in [1.54, 1.807) is 17.0 Å². The molecule has 0 radical (unpaired) electrons. The number of nitrogens with zero attached hydrogens (tertiary/aromatic N) is 3. The molecule has 2 aliphatic heterocycles. The van der Waals surface area contributed by atoms with E-state index in [0.29, 0.717) is 24.3 Å². The van der Waals surface area contributed by atoms with Crippen LogP contribution in [-0.4, -0.2) is 54.8 Å². The lowest BCUT2D eigenvalue weighted by Crippen LogP contribution is -2.47. The molecule has 0 N–H and O–H groups in total. The van der Waals surface area contributed by atoms with Gasteiger partial charge in [0, 0.05) is 37.4 Å². The number of rotatable bonds is 3. The Morgan fingerprint density at radius 2 is 1.74 bits per heavy atom. The number of benzene rings is 2. The molecule has 0 spiro atoms. The van der Waals surface area contributed by atoms with Crippen LogP contribution in [0.5, 0.6) is 0 Å². The minimum Gasteiger partial charge on any atom is -0.340 e. The highest BCUT2D eigenvalue weighted by Crippen LogP contribution is 2.42. The maximum absolute atomic E-state index is 14.0. The van der Waals surface area contributed by atoms with Crippen molar-refractivity contribution in [2.75, 3.05) is 38.1 Å². The molecule has 0 bridgehead atoms. The molecule has 0 aromatic heterocycles. The Labute approximate surface area is 182 Å². The van der Waals surface area contributed by atoms with Gasteiger partial charge in [-0.25, -0.2) is 4.39 Å². The highest BCUT2D eigenvalue weighted by Gasteiger charge is 2.40. The third kappa shape index (κ3) is 3.74. The van der Waals surface area contributed by atoms with Gasteiger partial charge in [0.15, 0.2) is 0 Å². The van der Waals surface area contributed by atoms with Gasteiger partial charge in [0.1, 0.15) is 5.82 Å². The second-order valence-electron chi connectivity index (χ2n) is 8.97. The topological polar surface area (TPSA) is 43.9 Å². The molecule has 1 fully saturated rings. The smallest absolute Gasteiger partial charge is 0.259 e. The van der Waals surface area contributed by atoms with Crippen LogP contribution in [-0.2, 0) is 17.6 Å². The largest absolute Gasteiger partial charge is 0.340 e. The maximum Gasteiger partial charge on any atom is 0.259 e. The quantitative estimate of drug-likeness (QED) is 0.761. The van der Waals surface area contributed by atoms with E-state index in [2.05, 4.69) is 18.0 Å². The molecule has 5 nitrogen and oxygen atoms in total. The van der Waals surface area contributed by atoms with Gasteiger partial charge in [-0.2, -0.15) is 0 Å². The Hall–Kier alpha value is -2.73. The average molecular weight is 422 g/mol. The highest BCUT2D eigenvalue weighted by atomic mass is 19.1. The summed E-state index contributed by atoms with van der Waals surface area (Å²) in [6.07, 6.45) is 4.51. The minimum absolute atomic E-state index is 0.0536. The minimum atomic E-state index is -0.399. The molecule has 2 heterocycles. The maximum atomic E-state index is 14.0. The van der Waals surface area contributed by atoms with E-state index < -0.39 is 6.04 Å². The Bertz CT molecular complexity index is 1030. The fourth-order valence-corrected chi connectivity index (χ4v) is 5.15. The van der Waals surface area contributed by atoms with Gasteiger partial charge >= 0.3 is 0 Å². The standard InChI is InChI=1S/C25H28FN3O2/c1-27-9-11-28(12-10-27)24(30)16-23-21-13-17-5-2-3-6-18(17)14-22(21)25(31)29(23)20-8-4-7-19(26)15-20/h4,7-8,13-15,23H,2-3,5-6,9-12,16H2,1H3. The number of fused-ring (bicyclic) bond motifs is 2. The summed E-state index contributed by atoms with van der Waals surface area (Å²) in [7, 11) is 2.06. The number of carbonyl (C=O) groups is 2. The van der Waals surface area contributed by atoms with Crippen LogP contribution in [0.3, 0.4) is 0 Å². The van der Waals surface area contributed by atoms with E-state index in [1.807, 2.05) is 11.0 Å². The van der Waals surface area contributed by atoms with Gasteiger partial charge in [0.2, 0.25) is 5.91 Å². The number of piperazine rings is 1. The number of carbonyl (C=O) groups excluding carboxylic acids is 2. The van der Waals surface area contributed by atoms with Crippen LogP contribution in [0.4, 0.5) is 10.1 Å². The predicted octanol–water partition coefficient (Wildman–Crippen LogP) is 3.57. The average Bonchev–Trinajstić information content (AvgIpc) is 3.03. The lowest BCUT2D eigenvalue weighted by atomic mass is 9.87. The lowest BCUT2D eigenvalue weighted by Gasteiger charge is -2.34. The molecule has 1 saturated heterocycles. The van der Waals surface area contributed by atoms with Crippen LogP contribution in [0, 0.1) is 5.82 Å². The second kappa shape index (κ2) is 8.08. The molecule has 2 aromatic carbocycles. The van der Waals surface area contributed by atoms with Crippen molar-refractivity contribution < 1.29 is 14.0 Å². The van der Waals surface area contributed by atoms with Crippen molar-refractivity contribution in [2.24, 2.45) is 0 Å². The van der Waals surface area contributed by atoms with Crippen LogP contribution in [0.15, 0.2) is 36.4 Å². The summed E-state index contributed by atoms with van der Waals surface area (Å²) in [4.78, 5) is 32.4. The Morgan fingerprint density at radius 3 is 2.45 bits per heavy atom. The van der Waals surface area contributed by atoms with Crippen molar-refractivity contribution in [3.63, 3.8) is 0 Å². The molecular weight excluding hydrogens is 393 g/mol. The summed E-state index contributed by atoms with van der Waals surface area (Å²) < 4.78 is 14.0. The zero-order chi connectivity index (χ0) is 21.5. The number of hydrogen-bond acceptors (Lipinski definition) is 3. The van der Waals surface area contributed by atoms with Crippen LogP contribution in [0.2, 0.25) is 0 Å². The molecule has 1 atom stereocenters. The molecule has 1 aliphatic carbocycles. The van der Waals surface area contributed by atoms with Crippen molar-refractivity contribution in [1.82, 2.24) is 9.80 Å². The van der Waals surface area contributed by atoms with Gasteiger partial charge in [0.05, 0.1) is 12.5 Å². The van der Waals surface area contributed by atoms with Crippen LogP contribution in [0.25, 0.3) is 0 Å². The normalized spacial score (nSPS) is 21.2. The van der Waals surface area contributed by atoms with Gasteiger partial charge in [0.25, 0.3) is 5.91 Å². The molecule has 31 heavy (non-hydrogen) atoms. The number of hydrogen-bond donors (Lipinski definition) is 0. The first-order chi connectivity index (χ1) is 15.0. The first-order valence-electron chi connectivity index (χ1n) is 11.2. The van der Waals surface area contributed by atoms with Crippen LogP contribution >= 0.6 is 0 Å². The number of amides is 2. The summed E-state index contributed by atoms with van der Waals surface area (Å²) in [6.45, 7) is 3.11. The Morgan fingerprint density at radius 1 is 1.03 bits per heavy atom. The first kappa shape index (κ1) is 20.2. The van der Waals surface area contributed by atoms with Gasteiger partial charge < -0.3 is 14.7 Å². The van der Waals surface area contributed by atoms with Gasteiger partial charge in [-0.3, -0.25) is 9.59 Å². The fourth-order valence-electron chi connectivity index (χ4n) is 5.15. The molecule has 2 aromatic rings. The second-order valence-corrected chi connectivity index (χ2v) is 8.97. The van der Waals surface area contributed by atoms with E-state index >= 15 is 0 Å². The molecule has 6 heteroatoms. The summed E-state index contributed by atoms with van der Waals surface area (Å²) in [6, 6.07) is 9.90. The molecule has 2 amide bonds. The monoisotopic (exact) mass is 421 g/mol. The molecule has 1 unspecified atom stereocenters. The third-order valence-electron chi connectivity index (χ3n) is 6.94. The number of anilines is 1. The van der Waals surface area contributed by atoms with Gasteiger partial charge in [-0.1, -0.05) is 12.1 Å². The van der Waals surface area contributed by atoms with Crippen LogP contribution in [0.1, 0.15) is 52.4 Å². The van der Waals surface area contributed by atoms with Crippen molar-refractivity contribution in [1.29, 1.82) is 0 Å². The number of likely N-dealkylation sites (N-methyl/N-ethyl adjacent to an activating group) is 1. The van der Waals surface area contributed by atoms with Crippen LogP contribution < -0.4 is 4.90 Å². The zero-order valence-electron chi connectivity index (χ0n) is 17.9. The van der Waals surface area contributed by atoms with Gasteiger partial charge in [-0.05, 0) is 73.7 Å². The Balaban J connectivity index is 1.52. The Kier molecular flexibility index (Phi) is 5.26. The van der Waals surface area contributed by atoms with Crippen molar-refractivity contribution in [3.05, 3.63) is 64.5 Å². The lowest BCUT2D eigenvalue weighted by molar-refractivity contribution is -0.133. The van der Waals surface area contributed by atoms with Crippen molar-refractivity contribution in [2.45, 2.75) is 38.1 Å². The molecular formula is C25H28FN3O2. The number of halogens is 1. The zero-order valence-corrected chi connectivity index (χ0v) is 17.9. The van der Waals surface area contributed by atoms with Crippen molar-refractivity contribution in [3.8, 4) is 0 Å². The number of aryl methyl sites for hydroxylation is 2. The molecule has 162 valence electrons. The summed E-state index contributed by atoms with van der Waals surface area (Å²) in [5.74, 6) is -0.465. The highest BCUT2D eigenvalue weighted by molar-refractivity contribution is 6.11. The summed E-state index contributed by atoms with van der Waals surface area (Å²) >= 11 is 0. The first-order valence-corrected chi connectivity index (χ1v) is 11.2. The SMILES string of the molecule is CN1CCN(C(=O)CC2c3cc4c(cc3C(=O)N2c2cccc(F)c2)CCCC4)CC1. The van der Waals surface area contributed by atoms with E-state index in [1.165, 1.54) is 23.3 Å². The van der Waals surface area contributed by atoms with E-state index in [-0.39, 0.29) is 24.1 Å². The predicted molar refractivity (Wildman–Crippen MR) is 118 cm³/mol. The fraction of sp³-hybridized carbons (Fsp3) is 0.440.